The first-order chi connectivity index (χ1) is 15.5. The second-order valence-corrected chi connectivity index (χ2v) is 8.40. The molecule has 2 heterocycles. The van der Waals surface area contributed by atoms with Crippen LogP contribution in [0, 0.1) is 0 Å². The van der Waals surface area contributed by atoms with Crippen LogP contribution in [-0.4, -0.2) is 46.0 Å². The third kappa shape index (κ3) is 4.47. The van der Waals surface area contributed by atoms with E-state index in [0.717, 1.165) is 36.8 Å². The Morgan fingerprint density at radius 3 is 2.78 bits per heavy atom. The monoisotopic (exact) mass is 434 g/mol. The molecule has 3 aromatic rings. The molecule has 1 N–H and O–H groups in total. The van der Waals surface area contributed by atoms with Gasteiger partial charge in [-0.1, -0.05) is 18.2 Å². The van der Waals surface area contributed by atoms with Crippen LogP contribution in [-0.2, 0) is 11.3 Å². The summed E-state index contributed by atoms with van der Waals surface area (Å²) >= 11 is 0. The summed E-state index contributed by atoms with van der Waals surface area (Å²) < 4.78 is 7.17. The van der Waals surface area contributed by atoms with Gasteiger partial charge in [0, 0.05) is 18.2 Å². The number of hydrogen-bond donors (Lipinski definition) is 1. The van der Waals surface area contributed by atoms with Crippen LogP contribution in [0.15, 0.2) is 48.5 Å². The highest BCUT2D eigenvalue weighted by molar-refractivity contribution is 5.94. The molecule has 7 nitrogen and oxygen atoms in total. The molecule has 0 aliphatic carbocycles. The number of benzene rings is 2. The predicted molar refractivity (Wildman–Crippen MR) is 124 cm³/mol. The van der Waals surface area contributed by atoms with E-state index in [1.165, 1.54) is 0 Å². The fraction of sp³-hybridized carbons (Fsp3) is 0.400. The van der Waals surface area contributed by atoms with E-state index < -0.39 is 0 Å². The fourth-order valence-corrected chi connectivity index (χ4v) is 4.39. The van der Waals surface area contributed by atoms with E-state index >= 15 is 0 Å². The maximum atomic E-state index is 13.2. The Labute approximate surface area is 188 Å². The number of rotatable bonds is 6. The zero-order valence-electron chi connectivity index (χ0n) is 18.9. The van der Waals surface area contributed by atoms with Gasteiger partial charge in [0.15, 0.2) is 0 Å². The quantitative estimate of drug-likeness (QED) is 0.638. The molecule has 2 atom stereocenters. The lowest BCUT2D eigenvalue weighted by Gasteiger charge is -2.33. The van der Waals surface area contributed by atoms with Gasteiger partial charge < -0.3 is 19.5 Å². The molecule has 2 aromatic carbocycles. The standard InChI is InChI=1S/C25H30N4O3/c1-17-9-6-7-14-28(17)23(30)16-29-22-13-5-4-12-21(22)27-24(29)18(2)26-25(31)19-10-8-11-20(15-19)32-3/h4-5,8,10-13,15,17-18H,6-7,9,14,16H2,1-3H3,(H,26,31). The molecule has 4 rings (SSSR count). The van der Waals surface area contributed by atoms with Crippen molar-refractivity contribution in [2.75, 3.05) is 13.7 Å². The van der Waals surface area contributed by atoms with Crippen molar-refractivity contribution in [3.05, 3.63) is 59.9 Å². The fourth-order valence-electron chi connectivity index (χ4n) is 4.39. The molecular formula is C25H30N4O3. The summed E-state index contributed by atoms with van der Waals surface area (Å²) in [5, 5.41) is 3.02. The summed E-state index contributed by atoms with van der Waals surface area (Å²) in [6.45, 7) is 5.01. The average Bonchev–Trinajstić information content (AvgIpc) is 3.18. The van der Waals surface area contributed by atoms with Crippen LogP contribution in [0.1, 0.15) is 55.3 Å². The molecule has 1 saturated heterocycles. The number of methoxy groups -OCH3 is 1. The number of piperidine rings is 1. The number of hydrogen-bond acceptors (Lipinski definition) is 4. The van der Waals surface area contributed by atoms with E-state index in [1.807, 2.05) is 40.7 Å². The number of nitrogens with one attached hydrogen (secondary N) is 1. The number of ether oxygens (including phenoxy) is 1. The van der Waals surface area contributed by atoms with Gasteiger partial charge in [0.2, 0.25) is 5.91 Å². The Hall–Kier alpha value is -3.35. The molecule has 1 fully saturated rings. The summed E-state index contributed by atoms with van der Waals surface area (Å²) in [6, 6.07) is 14.7. The normalized spacial score (nSPS) is 17.2. The lowest BCUT2D eigenvalue weighted by Crippen LogP contribution is -2.44. The van der Waals surface area contributed by atoms with Gasteiger partial charge in [-0.3, -0.25) is 9.59 Å². The number of imidazole rings is 1. The Morgan fingerprint density at radius 2 is 2.00 bits per heavy atom. The predicted octanol–water partition coefficient (Wildman–Crippen LogP) is 3.94. The first-order valence-electron chi connectivity index (χ1n) is 11.2. The maximum absolute atomic E-state index is 13.2. The Bertz CT molecular complexity index is 1120. The van der Waals surface area contributed by atoms with E-state index in [9.17, 15) is 9.59 Å². The van der Waals surface area contributed by atoms with Crippen molar-refractivity contribution in [3.8, 4) is 5.75 Å². The smallest absolute Gasteiger partial charge is 0.251 e. The minimum Gasteiger partial charge on any atom is -0.497 e. The van der Waals surface area contributed by atoms with E-state index in [-0.39, 0.29) is 30.4 Å². The van der Waals surface area contributed by atoms with E-state index in [2.05, 4.69) is 12.2 Å². The molecule has 1 aromatic heterocycles. The van der Waals surface area contributed by atoms with Crippen molar-refractivity contribution >= 4 is 22.8 Å². The summed E-state index contributed by atoms with van der Waals surface area (Å²) in [7, 11) is 1.57. The van der Waals surface area contributed by atoms with Crippen molar-refractivity contribution < 1.29 is 14.3 Å². The van der Waals surface area contributed by atoms with E-state index in [4.69, 9.17) is 9.72 Å². The molecular weight excluding hydrogens is 404 g/mol. The second-order valence-electron chi connectivity index (χ2n) is 8.40. The van der Waals surface area contributed by atoms with Crippen molar-refractivity contribution in [2.45, 2.75) is 51.7 Å². The van der Waals surface area contributed by atoms with Crippen LogP contribution in [0.2, 0.25) is 0 Å². The highest BCUT2D eigenvalue weighted by atomic mass is 16.5. The molecule has 2 unspecified atom stereocenters. The van der Waals surface area contributed by atoms with E-state index in [0.29, 0.717) is 17.1 Å². The van der Waals surface area contributed by atoms with Gasteiger partial charge in [-0.05, 0) is 63.4 Å². The molecule has 32 heavy (non-hydrogen) atoms. The van der Waals surface area contributed by atoms with Crippen LogP contribution in [0.25, 0.3) is 11.0 Å². The number of amides is 2. The van der Waals surface area contributed by atoms with Crippen LogP contribution >= 0.6 is 0 Å². The SMILES string of the molecule is COc1cccc(C(=O)NC(C)c2nc3ccccc3n2CC(=O)N2CCCCC2C)c1. The number of likely N-dealkylation sites (tertiary alicyclic amines) is 1. The first kappa shape index (κ1) is 21.9. The molecule has 0 spiro atoms. The van der Waals surface area contributed by atoms with Crippen LogP contribution in [0.4, 0.5) is 0 Å². The zero-order valence-corrected chi connectivity index (χ0v) is 18.9. The Balaban J connectivity index is 1.60. The molecule has 1 aliphatic heterocycles. The molecule has 0 bridgehead atoms. The zero-order chi connectivity index (χ0) is 22.7. The third-order valence-electron chi connectivity index (χ3n) is 6.17. The summed E-state index contributed by atoms with van der Waals surface area (Å²) in [4.78, 5) is 32.8. The number of carbonyl (C=O) groups is 2. The Kier molecular flexibility index (Phi) is 6.44. The molecule has 168 valence electrons. The van der Waals surface area contributed by atoms with Crippen LogP contribution in [0.5, 0.6) is 5.75 Å². The highest BCUT2D eigenvalue weighted by Gasteiger charge is 2.26. The van der Waals surface area contributed by atoms with Crippen LogP contribution < -0.4 is 10.1 Å². The highest BCUT2D eigenvalue weighted by Crippen LogP contribution is 2.23. The van der Waals surface area contributed by atoms with Gasteiger partial charge in [0.05, 0.1) is 24.2 Å². The number of aromatic nitrogens is 2. The molecule has 1 aliphatic rings. The summed E-state index contributed by atoms with van der Waals surface area (Å²) in [5.41, 5.74) is 2.21. The lowest BCUT2D eigenvalue weighted by molar-refractivity contribution is -0.135. The van der Waals surface area contributed by atoms with E-state index in [1.54, 1.807) is 31.4 Å². The van der Waals surface area contributed by atoms with Gasteiger partial charge in [0.1, 0.15) is 18.1 Å². The third-order valence-corrected chi connectivity index (χ3v) is 6.17. The number of carbonyl (C=O) groups excluding carboxylic acids is 2. The topological polar surface area (TPSA) is 76.5 Å². The largest absolute Gasteiger partial charge is 0.497 e. The molecule has 2 amide bonds. The number of nitrogens with zero attached hydrogens (tertiary/aromatic N) is 3. The van der Waals surface area contributed by atoms with Gasteiger partial charge >= 0.3 is 0 Å². The van der Waals surface area contributed by atoms with Gasteiger partial charge in [0.25, 0.3) is 5.91 Å². The van der Waals surface area contributed by atoms with Crippen molar-refractivity contribution in [3.63, 3.8) is 0 Å². The number of fused-ring (bicyclic) bond motifs is 1. The molecule has 0 radical (unpaired) electrons. The minimum absolute atomic E-state index is 0.0907. The lowest BCUT2D eigenvalue weighted by atomic mass is 10.0. The van der Waals surface area contributed by atoms with Crippen molar-refractivity contribution in [1.29, 1.82) is 0 Å². The van der Waals surface area contributed by atoms with Gasteiger partial charge in [-0.25, -0.2) is 4.98 Å². The second kappa shape index (κ2) is 9.42. The number of para-hydroxylation sites is 2. The average molecular weight is 435 g/mol. The first-order valence-corrected chi connectivity index (χ1v) is 11.2. The molecule has 7 heteroatoms. The van der Waals surface area contributed by atoms with Gasteiger partial charge in [-0.15, -0.1) is 0 Å². The van der Waals surface area contributed by atoms with Crippen LogP contribution in [0.3, 0.4) is 0 Å². The minimum atomic E-state index is -0.382. The summed E-state index contributed by atoms with van der Waals surface area (Å²) in [5.74, 6) is 1.16. The maximum Gasteiger partial charge on any atom is 0.251 e. The van der Waals surface area contributed by atoms with Crippen molar-refractivity contribution in [2.24, 2.45) is 0 Å². The van der Waals surface area contributed by atoms with Gasteiger partial charge in [-0.2, -0.15) is 0 Å². The Morgan fingerprint density at radius 1 is 1.19 bits per heavy atom. The van der Waals surface area contributed by atoms with Crippen molar-refractivity contribution in [1.82, 2.24) is 19.8 Å². The molecule has 0 saturated carbocycles. The summed E-state index contributed by atoms with van der Waals surface area (Å²) in [6.07, 6.45) is 3.24.